The number of aryl methyl sites for hydroxylation is 1. The number of aromatic nitrogens is 4. The van der Waals surface area contributed by atoms with Gasteiger partial charge in [0.1, 0.15) is 11.2 Å². The first-order valence-corrected chi connectivity index (χ1v) is 12.3. The summed E-state index contributed by atoms with van der Waals surface area (Å²) < 4.78 is 1.92. The molecular weight excluding hydrogens is 420 g/mol. The fourth-order valence-electron chi connectivity index (χ4n) is 5.35. The minimum absolute atomic E-state index is 0.161. The number of hydrogen-bond acceptors (Lipinski definition) is 5. The Morgan fingerprint density at radius 1 is 1.16 bits per heavy atom. The number of amides is 1. The highest BCUT2D eigenvalue weighted by Crippen LogP contribution is 2.42. The van der Waals surface area contributed by atoms with Gasteiger partial charge in [-0.3, -0.25) is 4.79 Å². The molecule has 0 unspecified atom stereocenters. The highest BCUT2D eigenvalue weighted by molar-refractivity contribution is 7.20. The van der Waals surface area contributed by atoms with E-state index in [1.807, 2.05) is 9.42 Å². The zero-order valence-electron chi connectivity index (χ0n) is 18.8. The lowest BCUT2D eigenvalue weighted by molar-refractivity contribution is 0.0669. The molecule has 166 valence electrons. The Bertz CT molecular complexity index is 1340. The van der Waals surface area contributed by atoms with Crippen LogP contribution in [0, 0.1) is 0 Å². The molecule has 1 aliphatic heterocycles. The Morgan fingerprint density at radius 2 is 1.94 bits per heavy atom. The quantitative estimate of drug-likeness (QED) is 0.515. The van der Waals surface area contributed by atoms with E-state index in [1.54, 1.807) is 17.7 Å². The highest BCUT2D eigenvalue weighted by Gasteiger charge is 2.28. The summed E-state index contributed by atoms with van der Waals surface area (Å²) >= 11 is 1.59. The molecule has 0 aromatic carbocycles. The predicted molar refractivity (Wildman–Crippen MR) is 128 cm³/mol. The van der Waals surface area contributed by atoms with Gasteiger partial charge in [0.2, 0.25) is 0 Å². The Hall–Kier alpha value is -2.71. The maximum absolute atomic E-state index is 13.2. The van der Waals surface area contributed by atoms with Gasteiger partial charge in [-0.1, -0.05) is 13.8 Å². The fraction of sp³-hybridized carbons (Fsp3) is 0.458. The summed E-state index contributed by atoms with van der Waals surface area (Å²) in [6.45, 7) is 7.94. The average Bonchev–Trinajstić information content (AvgIpc) is 3.54. The van der Waals surface area contributed by atoms with Gasteiger partial charge in [0, 0.05) is 48.9 Å². The maximum atomic E-state index is 13.2. The van der Waals surface area contributed by atoms with Gasteiger partial charge in [0.05, 0.1) is 10.6 Å². The van der Waals surface area contributed by atoms with Crippen LogP contribution in [-0.2, 0) is 12.8 Å². The standard InChI is InChI=1S/C24H28N6OS/c1-14(2)20-17-11-19(24(31)29-9-7-28(3)8-10-29)32-23(17)27-21(20)18-12-30-22(25-13-26-30)16-6-4-5-15(16)18/h11-14,27H,4-10H2,1-3H3. The van der Waals surface area contributed by atoms with E-state index in [0.29, 0.717) is 5.92 Å². The first-order valence-electron chi connectivity index (χ1n) is 11.5. The van der Waals surface area contributed by atoms with Crippen LogP contribution in [0.1, 0.15) is 52.5 Å². The molecule has 7 nitrogen and oxygen atoms in total. The zero-order valence-corrected chi connectivity index (χ0v) is 19.6. The molecule has 0 bridgehead atoms. The Morgan fingerprint density at radius 3 is 2.72 bits per heavy atom. The normalized spacial score (nSPS) is 17.2. The van der Waals surface area contributed by atoms with Crippen molar-refractivity contribution < 1.29 is 4.79 Å². The number of nitrogens with zero attached hydrogens (tertiary/aromatic N) is 5. The SMILES string of the molecule is CC(C)c1c(-c2cn3ncnc3c3c2CCC3)[nH]c2sc(C(=O)N3CCN(C)CC3)cc12. The van der Waals surface area contributed by atoms with Crippen LogP contribution in [0.5, 0.6) is 0 Å². The second kappa shape index (κ2) is 7.42. The number of carbonyl (C=O) groups excluding carboxylic acids is 1. The monoisotopic (exact) mass is 448 g/mol. The average molecular weight is 449 g/mol. The van der Waals surface area contributed by atoms with Crippen molar-refractivity contribution in [2.24, 2.45) is 0 Å². The molecule has 1 amide bonds. The van der Waals surface area contributed by atoms with Gasteiger partial charge in [-0.2, -0.15) is 5.10 Å². The van der Waals surface area contributed by atoms with Gasteiger partial charge in [-0.15, -0.1) is 11.3 Å². The summed E-state index contributed by atoms with van der Waals surface area (Å²) in [5, 5.41) is 5.62. The van der Waals surface area contributed by atoms with Crippen LogP contribution in [-0.4, -0.2) is 68.5 Å². The minimum atomic E-state index is 0.161. The summed E-state index contributed by atoms with van der Waals surface area (Å²) in [7, 11) is 2.11. The van der Waals surface area contributed by atoms with E-state index >= 15 is 0 Å². The number of carbonyl (C=O) groups is 1. The third kappa shape index (κ3) is 3.00. The molecule has 0 atom stereocenters. The van der Waals surface area contributed by atoms with Gasteiger partial charge >= 0.3 is 0 Å². The molecule has 8 heteroatoms. The molecule has 32 heavy (non-hydrogen) atoms. The van der Waals surface area contributed by atoms with Gasteiger partial charge in [0.15, 0.2) is 5.65 Å². The lowest BCUT2D eigenvalue weighted by Crippen LogP contribution is -2.46. The third-order valence-electron chi connectivity index (χ3n) is 7.02. The van der Waals surface area contributed by atoms with Crippen molar-refractivity contribution in [1.82, 2.24) is 29.4 Å². The van der Waals surface area contributed by atoms with E-state index in [4.69, 9.17) is 0 Å². The number of rotatable bonds is 3. The number of pyridine rings is 1. The lowest BCUT2D eigenvalue weighted by atomic mass is 9.94. The summed E-state index contributed by atoms with van der Waals surface area (Å²) in [6, 6.07) is 2.12. The second-order valence-corrected chi connectivity index (χ2v) is 10.5. The molecule has 0 radical (unpaired) electrons. The molecule has 1 saturated heterocycles. The van der Waals surface area contributed by atoms with Gasteiger partial charge in [-0.05, 0) is 49.4 Å². The van der Waals surface area contributed by atoms with Gasteiger partial charge in [0.25, 0.3) is 5.91 Å². The number of nitrogens with one attached hydrogen (secondary N) is 1. The van der Waals surface area contributed by atoms with Crippen LogP contribution in [0.15, 0.2) is 18.6 Å². The summed E-state index contributed by atoms with van der Waals surface area (Å²) in [4.78, 5) is 27.6. The van der Waals surface area contributed by atoms with E-state index in [-0.39, 0.29) is 5.91 Å². The maximum Gasteiger partial charge on any atom is 0.264 e. The first-order chi connectivity index (χ1) is 15.5. The van der Waals surface area contributed by atoms with Crippen LogP contribution >= 0.6 is 11.3 Å². The van der Waals surface area contributed by atoms with Crippen LogP contribution in [0.2, 0.25) is 0 Å². The summed E-state index contributed by atoms with van der Waals surface area (Å²) in [5.41, 5.74) is 7.42. The Kier molecular flexibility index (Phi) is 4.62. The molecule has 1 aliphatic carbocycles. The van der Waals surface area contributed by atoms with Gasteiger partial charge < -0.3 is 14.8 Å². The van der Waals surface area contributed by atoms with Crippen molar-refractivity contribution in [3.8, 4) is 11.3 Å². The van der Waals surface area contributed by atoms with Crippen molar-refractivity contribution in [3.05, 3.63) is 40.2 Å². The lowest BCUT2D eigenvalue weighted by Gasteiger charge is -2.32. The molecule has 1 N–H and O–H groups in total. The smallest absolute Gasteiger partial charge is 0.264 e. The number of H-pyrrole nitrogens is 1. The molecular formula is C24H28N6OS. The molecule has 6 rings (SSSR count). The summed E-state index contributed by atoms with van der Waals surface area (Å²) in [5.74, 6) is 0.498. The van der Waals surface area contributed by atoms with Crippen LogP contribution in [0.4, 0.5) is 0 Å². The topological polar surface area (TPSA) is 69.5 Å². The van der Waals surface area contributed by atoms with Crippen LogP contribution in [0.3, 0.4) is 0 Å². The number of fused-ring (bicyclic) bond motifs is 4. The number of aromatic amines is 1. The molecule has 5 heterocycles. The number of likely N-dealkylation sites (N-methyl/N-ethyl adjacent to an activating group) is 1. The van der Waals surface area contributed by atoms with Crippen molar-refractivity contribution >= 4 is 33.1 Å². The minimum Gasteiger partial charge on any atom is -0.346 e. The van der Waals surface area contributed by atoms with Crippen molar-refractivity contribution in [1.29, 1.82) is 0 Å². The molecule has 0 spiro atoms. The molecule has 4 aromatic heterocycles. The molecule has 2 aliphatic rings. The van der Waals surface area contributed by atoms with Crippen LogP contribution < -0.4 is 0 Å². The molecule has 4 aromatic rings. The molecule has 1 fully saturated rings. The van der Waals surface area contributed by atoms with Crippen molar-refractivity contribution in [2.75, 3.05) is 33.2 Å². The van der Waals surface area contributed by atoms with Crippen LogP contribution in [0.25, 0.3) is 27.1 Å². The Balaban J connectivity index is 1.46. The van der Waals surface area contributed by atoms with Gasteiger partial charge in [-0.25, -0.2) is 9.50 Å². The van der Waals surface area contributed by atoms with E-state index < -0.39 is 0 Å². The van der Waals surface area contributed by atoms with Crippen molar-refractivity contribution in [3.63, 3.8) is 0 Å². The highest BCUT2D eigenvalue weighted by atomic mass is 32.1. The van der Waals surface area contributed by atoms with E-state index in [1.165, 1.54) is 33.3 Å². The number of hydrogen-bond donors (Lipinski definition) is 1. The van der Waals surface area contributed by atoms with E-state index in [2.05, 4.69) is 53.1 Å². The predicted octanol–water partition coefficient (Wildman–Crippen LogP) is 3.94. The first kappa shape index (κ1) is 19.9. The largest absolute Gasteiger partial charge is 0.346 e. The van der Waals surface area contributed by atoms with Crippen molar-refractivity contribution in [2.45, 2.75) is 39.0 Å². The fourth-order valence-corrected chi connectivity index (χ4v) is 6.39. The van der Waals surface area contributed by atoms with E-state index in [0.717, 1.165) is 60.8 Å². The number of piperazine rings is 1. The Labute approximate surface area is 191 Å². The second-order valence-electron chi connectivity index (χ2n) is 9.40. The summed E-state index contributed by atoms with van der Waals surface area (Å²) in [6.07, 6.45) is 7.06. The molecule has 0 saturated carbocycles. The zero-order chi connectivity index (χ0) is 22.0. The van der Waals surface area contributed by atoms with E-state index in [9.17, 15) is 4.79 Å². The third-order valence-corrected chi connectivity index (χ3v) is 8.05. The number of thiophene rings is 1.